The van der Waals surface area contributed by atoms with E-state index in [1.165, 1.54) is 18.2 Å². The fourth-order valence-electron chi connectivity index (χ4n) is 2.91. The first kappa shape index (κ1) is 26.5. The Hall–Kier alpha value is -2.76. The van der Waals surface area contributed by atoms with Gasteiger partial charge in [-0.05, 0) is 17.7 Å². The van der Waals surface area contributed by atoms with Crippen molar-refractivity contribution in [2.75, 3.05) is 33.0 Å². The number of aliphatic hydroxyl groups excluding tert-OH is 4. The van der Waals surface area contributed by atoms with Gasteiger partial charge in [0.1, 0.15) is 30.7 Å². The quantitative estimate of drug-likeness (QED) is 0.145. The Balaban J connectivity index is 2.04. The summed E-state index contributed by atoms with van der Waals surface area (Å²) in [5.41, 5.74) is 0.348. The molecule has 1 aromatic carbocycles. The number of carbonyl (C=O) groups is 2. The highest BCUT2D eigenvalue weighted by Crippen LogP contribution is 2.27. The number of hydrogen-bond acceptors (Lipinski definition) is 10. The summed E-state index contributed by atoms with van der Waals surface area (Å²) in [6.07, 6.45) is -4.04. The molecule has 1 saturated heterocycles. The Bertz CT molecular complexity index is 840. The van der Waals surface area contributed by atoms with Crippen LogP contribution in [0, 0.1) is 12.3 Å². The average molecular weight is 469 g/mol. The number of nitrogens with one attached hydrogen (secondary N) is 1. The molecule has 0 aliphatic carbocycles. The molecule has 1 heterocycles. The molecule has 1 aliphatic heterocycles. The van der Waals surface area contributed by atoms with Crippen LogP contribution in [0.1, 0.15) is 15.9 Å². The molecule has 5 atom stereocenters. The monoisotopic (exact) mass is 469 g/mol. The van der Waals surface area contributed by atoms with Gasteiger partial charge in [0.15, 0.2) is 6.10 Å². The van der Waals surface area contributed by atoms with Crippen molar-refractivity contribution >= 4 is 11.9 Å². The standard InChI is InChI=1S/C21H27NO11/c1-2-6-30-8-9-31-7-5-22-19(27)13-10-12(11-23)3-4-14(13)32-21-17(26)15(24)16(25)18(33-21)20(28)29/h1,3-4,10,15-18,21,23-26H,5-9,11H2,(H,22,27)(H,28,29)/t15-,16-,17+,18-,21+/m0/s1. The molecule has 1 aliphatic rings. The summed E-state index contributed by atoms with van der Waals surface area (Å²) in [4.78, 5) is 23.9. The number of carboxylic acids is 1. The predicted molar refractivity (Wildman–Crippen MR) is 110 cm³/mol. The fourth-order valence-corrected chi connectivity index (χ4v) is 2.91. The SMILES string of the molecule is C#CCOCCOCCNC(=O)c1cc(CO)ccc1O[C@@H]1O[C@H](C(=O)O)[C@@H](O)[C@H](O)[C@H]1O. The third kappa shape index (κ3) is 7.37. The molecular formula is C21H27NO11. The van der Waals surface area contributed by atoms with Crippen LogP contribution in [0.15, 0.2) is 18.2 Å². The maximum absolute atomic E-state index is 12.7. The summed E-state index contributed by atoms with van der Waals surface area (Å²) in [5, 5.41) is 51.0. The first-order valence-corrected chi connectivity index (χ1v) is 10.00. The van der Waals surface area contributed by atoms with Gasteiger partial charge in [-0.1, -0.05) is 12.0 Å². The molecular weight excluding hydrogens is 442 g/mol. The molecule has 0 saturated carbocycles. The maximum Gasteiger partial charge on any atom is 0.335 e. The molecule has 6 N–H and O–H groups in total. The minimum Gasteiger partial charge on any atom is -0.479 e. The van der Waals surface area contributed by atoms with Crippen molar-refractivity contribution in [1.29, 1.82) is 0 Å². The van der Waals surface area contributed by atoms with Gasteiger partial charge in [-0.2, -0.15) is 0 Å². The summed E-state index contributed by atoms with van der Waals surface area (Å²) in [6, 6.07) is 4.11. The Morgan fingerprint density at radius 3 is 2.48 bits per heavy atom. The van der Waals surface area contributed by atoms with Crippen LogP contribution in [0.2, 0.25) is 0 Å². The van der Waals surface area contributed by atoms with Crippen LogP contribution in [-0.2, 0) is 25.6 Å². The molecule has 0 aromatic heterocycles. The van der Waals surface area contributed by atoms with Gasteiger partial charge in [0.05, 0.1) is 32.0 Å². The van der Waals surface area contributed by atoms with Crippen LogP contribution in [0.4, 0.5) is 0 Å². The Morgan fingerprint density at radius 2 is 1.82 bits per heavy atom. The van der Waals surface area contributed by atoms with E-state index in [-0.39, 0.29) is 44.3 Å². The molecule has 12 heteroatoms. The van der Waals surface area contributed by atoms with Gasteiger partial charge in [-0.25, -0.2) is 4.79 Å². The normalized spacial score (nSPS) is 24.6. The lowest BCUT2D eigenvalue weighted by Crippen LogP contribution is -2.61. The topological polar surface area (TPSA) is 184 Å². The maximum atomic E-state index is 12.7. The van der Waals surface area contributed by atoms with E-state index in [9.17, 15) is 30.0 Å². The van der Waals surface area contributed by atoms with Crippen LogP contribution in [0.5, 0.6) is 5.75 Å². The molecule has 1 fully saturated rings. The van der Waals surface area contributed by atoms with Gasteiger partial charge >= 0.3 is 5.97 Å². The van der Waals surface area contributed by atoms with E-state index in [1.54, 1.807) is 0 Å². The zero-order valence-corrected chi connectivity index (χ0v) is 17.6. The summed E-state index contributed by atoms with van der Waals surface area (Å²) >= 11 is 0. The number of terminal acetylenes is 1. The number of ether oxygens (including phenoxy) is 4. The van der Waals surface area contributed by atoms with Gasteiger partial charge < -0.3 is 49.8 Å². The second kappa shape index (κ2) is 13.1. The number of benzene rings is 1. The lowest BCUT2D eigenvalue weighted by molar-refractivity contribution is -0.271. The Labute approximate surface area is 189 Å². The highest BCUT2D eigenvalue weighted by Gasteiger charge is 2.48. The Morgan fingerprint density at radius 1 is 1.09 bits per heavy atom. The second-order valence-electron chi connectivity index (χ2n) is 6.97. The van der Waals surface area contributed by atoms with E-state index in [0.29, 0.717) is 12.2 Å². The zero-order valence-electron chi connectivity index (χ0n) is 17.6. The van der Waals surface area contributed by atoms with E-state index in [2.05, 4.69) is 11.2 Å². The average Bonchev–Trinajstić information content (AvgIpc) is 2.80. The number of amides is 1. The van der Waals surface area contributed by atoms with Gasteiger partial charge in [0.25, 0.3) is 5.91 Å². The predicted octanol–water partition coefficient (Wildman–Crippen LogP) is -2.15. The number of hydrogen-bond donors (Lipinski definition) is 6. The molecule has 2 rings (SSSR count). The van der Waals surface area contributed by atoms with Gasteiger partial charge in [-0.3, -0.25) is 4.79 Å². The summed E-state index contributed by atoms with van der Waals surface area (Å²) in [7, 11) is 0. The van der Waals surface area contributed by atoms with Crippen molar-refractivity contribution < 1.29 is 54.1 Å². The zero-order chi connectivity index (χ0) is 24.4. The lowest BCUT2D eigenvalue weighted by Gasteiger charge is -2.38. The number of rotatable bonds is 12. The smallest absolute Gasteiger partial charge is 0.335 e. The number of carbonyl (C=O) groups excluding carboxylic acids is 1. The van der Waals surface area contributed by atoms with Crippen LogP contribution >= 0.6 is 0 Å². The van der Waals surface area contributed by atoms with Gasteiger partial charge in [-0.15, -0.1) is 6.42 Å². The Kier molecular flexibility index (Phi) is 10.5. The number of aliphatic carboxylic acids is 1. The van der Waals surface area contributed by atoms with Gasteiger partial charge in [0, 0.05) is 6.54 Å². The minimum absolute atomic E-state index is 0.0396. The molecule has 12 nitrogen and oxygen atoms in total. The fraction of sp³-hybridized carbons (Fsp3) is 0.524. The van der Waals surface area contributed by atoms with E-state index in [1.807, 2.05) is 0 Å². The van der Waals surface area contributed by atoms with Crippen LogP contribution in [0.3, 0.4) is 0 Å². The van der Waals surface area contributed by atoms with Crippen LogP contribution < -0.4 is 10.1 Å². The van der Waals surface area contributed by atoms with Crippen LogP contribution in [0.25, 0.3) is 0 Å². The molecule has 182 valence electrons. The molecule has 33 heavy (non-hydrogen) atoms. The number of carboxylic acid groups (broad SMARTS) is 1. The van der Waals surface area contributed by atoms with Crippen molar-refractivity contribution in [2.24, 2.45) is 0 Å². The van der Waals surface area contributed by atoms with Crippen molar-refractivity contribution in [2.45, 2.75) is 37.3 Å². The second-order valence-corrected chi connectivity index (χ2v) is 6.97. The number of aliphatic hydroxyl groups is 4. The van der Waals surface area contributed by atoms with E-state index < -0.39 is 42.6 Å². The molecule has 1 amide bonds. The summed E-state index contributed by atoms with van der Waals surface area (Å²) in [6.45, 7) is 0.696. The van der Waals surface area contributed by atoms with Gasteiger partial charge in [0.2, 0.25) is 6.29 Å². The highest BCUT2D eigenvalue weighted by molar-refractivity contribution is 5.97. The molecule has 0 radical (unpaired) electrons. The van der Waals surface area contributed by atoms with E-state index in [4.69, 9.17) is 30.5 Å². The molecule has 0 spiro atoms. The highest BCUT2D eigenvalue weighted by atomic mass is 16.7. The minimum atomic E-state index is -1.88. The molecule has 1 aromatic rings. The van der Waals surface area contributed by atoms with E-state index in [0.717, 1.165) is 0 Å². The van der Waals surface area contributed by atoms with E-state index >= 15 is 0 Å². The summed E-state index contributed by atoms with van der Waals surface area (Å²) < 4.78 is 20.9. The first-order chi connectivity index (χ1) is 15.8. The molecule has 0 bridgehead atoms. The third-order valence-electron chi connectivity index (χ3n) is 4.62. The van der Waals surface area contributed by atoms with Crippen LogP contribution in [-0.4, -0.2) is 101 Å². The largest absolute Gasteiger partial charge is 0.479 e. The van der Waals surface area contributed by atoms with Crippen molar-refractivity contribution in [3.63, 3.8) is 0 Å². The molecule has 0 unspecified atom stereocenters. The third-order valence-corrected chi connectivity index (χ3v) is 4.62. The lowest BCUT2D eigenvalue weighted by atomic mass is 9.99. The van der Waals surface area contributed by atoms with Crippen molar-refractivity contribution in [3.8, 4) is 18.1 Å². The van der Waals surface area contributed by atoms with Crippen molar-refractivity contribution in [3.05, 3.63) is 29.3 Å². The first-order valence-electron chi connectivity index (χ1n) is 10.00. The summed E-state index contributed by atoms with van der Waals surface area (Å²) in [5.74, 6) is 0.0383. The van der Waals surface area contributed by atoms with Crippen molar-refractivity contribution in [1.82, 2.24) is 5.32 Å².